The van der Waals surface area contributed by atoms with Crippen LogP contribution < -0.4 is 4.90 Å². The molecule has 0 N–H and O–H groups in total. The van der Waals surface area contributed by atoms with E-state index in [1.807, 2.05) is 32.0 Å². The fourth-order valence-corrected chi connectivity index (χ4v) is 3.16. The molecule has 3 aromatic rings. The highest BCUT2D eigenvalue weighted by Crippen LogP contribution is 2.40. The standard InChI is InChI=1S/C22H20N2.C2H6/c1-17-12-14-20(15-13-17)24-21(18-8-4-2-5-9-18)16-22(24)23-19-10-6-3-7-11-19;1-2/h2-15,21H,16H2,1H3;1-2H3. The molecule has 1 saturated heterocycles. The van der Waals surface area contributed by atoms with E-state index in [0.717, 1.165) is 17.9 Å². The quantitative estimate of drug-likeness (QED) is 0.517. The summed E-state index contributed by atoms with van der Waals surface area (Å²) in [6.45, 7) is 6.12. The van der Waals surface area contributed by atoms with Crippen LogP contribution in [0.3, 0.4) is 0 Å². The van der Waals surface area contributed by atoms with Crippen LogP contribution in [0.2, 0.25) is 0 Å². The SMILES string of the molecule is CC.Cc1ccc(N2C(=Nc3ccccc3)CC2c2ccccc2)cc1. The molecule has 0 aliphatic carbocycles. The number of aliphatic imine (C=N–C) groups is 1. The molecule has 26 heavy (non-hydrogen) atoms. The zero-order valence-corrected chi connectivity index (χ0v) is 15.8. The van der Waals surface area contributed by atoms with Crippen LogP contribution in [0.25, 0.3) is 0 Å². The Bertz CT molecular complexity index is 836. The zero-order valence-electron chi connectivity index (χ0n) is 15.8. The first-order chi connectivity index (χ1) is 12.8. The number of hydrogen-bond acceptors (Lipinski definition) is 1. The van der Waals surface area contributed by atoms with Crippen LogP contribution in [0.15, 0.2) is 89.9 Å². The molecular weight excluding hydrogens is 316 g/mol. The smallest absolute Gasteiger partial charge is 0.112 e. The molecule has 0 saturated carbocycles. The van der Waals surface area contributed by atoms with Crippen LogP contribution in [0.4, 0.5) is 11.4 Å². The summed E-state index contributed by atoms with van der Waals surface area (Å²) in [6, 6.07) is 29.9. The Balaban J connectivity index is 0.000000948. The van der Waals surface area contributed by atoms with Crippen LogP contribution >= 0.6 is 0 Å². The average Bonchev–Trinajstić information content (AvgIpc) is 2.69. The van der Waals surface area contributed by atoms with Crippen LogP contribution in [0.5, 0.6) is 0 Å². The third-order valence-electron chi connectivity index (χ3n) is 4.48. The molecule has 1 aliphatic heterocycles. The molecule has 0 amide bonds. The zero-order chi connectivity index (χ0) is 18.4. The number of aryl methyl sites for hydroxylation is 1. The second-order valence-electron chi connectivity index (χ2n) is 6.20. The van der Waals surface area contributed by atoms with E-state index in [1.165, 1.54) is 16.8 Å². The Morgan fingerprint density at radius 1 is 0.769 bits per heavy atom. The summed E-state index contributed by atoms with van der Waals surface area (Å²) in [5, 5.41) is 0. The summed E-state index contributed by atoms with van der Waals surface area (Å²) in [7, 11) is 0. The van der Waals surface area contributed by atoms with Crippen LogP contribution in [0, 0.1) is 6.92 Å². The predicted molar refractivity (Wildman–Crippen MR) is 112 cm³/mol. The fraction of sp³-hybridized carbons (Fsp3) is 0.208. The molecule has 0 radical (unpaired) electrons. The largest absolute Gasteiger partial charge is 0.322 e. The van der Waals surface area contributed by atoms with Gasteiger partial charge in [-0.15, -0.1) is 0 Å². The van der Waals surface area contributed by atoms with Crippen molar-refractivity contribution in [2.75, 3.05) is 4.90 Å². The molecular formula is C24H26N2. The van der Waals surface area contributed by atoms with E-state index in [0.29, 0.717) is 6.04 Å². The molecule has 1 aliphatic rings. The Morgan fingerprint density at radius 3 is 1.96 bits per heavy atom. The molecule has 1 fully saturated rings. The van der Waals surface area contributed by atoms with Gasteiger partial charge in [-0.3, -0.25) is 0 Å². The molecule has 3 aromatic carbocycles. The first-order valence-corrected chi connectivity index (χ1v) is 9.35. The van der Waals surface area contributed by atoms with Crippen molar-refractivity contribution in [2.45, 2.75) is 33.2 Å². The van der Waals surface area contributed by atoms with Gasteiger partial charge < -0.3 is 4.90 Å². The van der Waals surface area contributed by atoms with Crippen molar-refractivity contribution < 1.29 is 0 Å². The van der Waals surface area contributed by atoms with Crippen LogP contribution in [-0.4, -0.2) is 5.84 Å². The van der Waals surface area contributed by atoms with Crippen molar-refractivity contribution in [1.82, 2.24) is 0 Å². The number of anilines is 1. The van der Waals surface area contributed by atoms with E-state index < -0.39 is 0 Å². The van der Waals surface area contributed by atoms with Gasteiger partial charge in [0.2, 0.25) is 0 Å². The maximum Gasteiger partial charge on any atom is 0.112 e. The Morgan fingerprint density at radius 2 is 1.35 bits per heavy atom. The third kappa shape index (κ3) is 3.85. The fourth-order valence-electron chi connectivity index (χ4n) is 3.16. The molecule has 4 rings (SSSR count). The highest BCUT2D eigenvalue weighted by atomic mass is 15.3. The monoisotopic (exact) mass is 342 g/mol. The first kappa shape index (κ1) is 17.9. The van der Waals surface area contributed by atoms with Gasteiger partial charge in [-0.1, -0.05) is 80.1 Å². The molecule has 0 spiro atoms. The lowest BCUT2D eigenvalue weighted by Gasteiger charge is -2.44. The minimum absolute atomic E-state index is 0.358. The topological polar surface area (TPSA) is 15.6 Å². The van der Waals surface area contributed by atoms with Crippen molar-refractivity contribution in [3.63, 3.8) is 0 Å². The molecule has 0 bridgehead atoms. The number of para-hydroxylation sites is 1. The highest BCUT2D eigenvalue weighted by molar-refractivity contribution is 6.06. The lowest BCUT2D eigenvalue weighted by molar-refractivity contribution is 0.652. The average molecular weight is 342 g/mol. The van der Waals surface area contributed by atoms with E-state index in [2.05, 4.69) is 78.6 Å². The van der Waals surface area contributed by atoms with Crippen molar-refractivity contribution in [1.29, 1.82) is 0 Å². The first-order valence-electron chi connectivity index (χ1n) is 9.35. The summed E-state index contributed by atoms with van der Waals surface area (Å²) in [5.74, 6) is 1.12. The summed E-state index contributed by atoms with van der Waals surface area (Å²) < 4.78 is 0. The van der Waals surface area contributed by atoms with Crippen molar-refractivity contribution in [3.8, 4) is 0 Å². The van der Waals surface area contributed by atoms with E-state index in [1.54, 1.807) is 0 Å². The van der Waals surface area contributed by atoms with Crippen LogP contribution in [-0.2, 0) is 0 Å². The molecule has 2 nitrogen and oxygen atoms in total. The number of benzene rings is 3. The molecule has 2 heteroatoms. The van der Waals surface area contributed by atoms with Gasteiger partial charge in [-0.25, -0.2) is 4.99 Å². The number of amidine groups is 1. The van der Waals surface area contributed by atoms with Gasteiger partial charge >= 0.3 is 0 Å². The number of nitrogens with zero attached hydrogens (tertiary/aromatic N) is 2. The molecule has 1 heterocycles. The molecule has 1 unspecified atom stereocenters. The lowest BCUT2D eigenvalue weighted by atomic mass is 9.92. The summed E-state index contributed by atoms with van der Waals surface area (Å²) in [5.41, 5.74) is 4.83. The van der Waals surface area contributed by atoms with Gasteiger partial charge in [0.15, 0.2) is 0 Å². The van der Waals surface area contributed by atoms with Gasteiger partial charge in [-0.2, -0.15) is 0 Å². The number of rotatable bonds is 3. The second-order valence-corrected chi connectivity index (χ2v) is 6.20. The summed E-state index contributed by atoms with van der Waals surface area (Å²) in [6.07, 6.45) is 0.965. The molecule has 1 atom stereocenters. The minimum atomic E-state index is 0.358. The Labute approximate surface area is 156 Å². The maximum absolute atomic E-state index is 4.86. The Hall–Kier alpha value is -2.87. The number of hydrogen-bond donors (Lipinski definition) is 0. The second kappa shape index (κ2) is 8.48. The van der Waals surface area contributed by atoms with Gasteiger partial charge in [0.25, 0.3) is 0 Å². The molecule has 132 valence electrons. The third-order valence-corrected chi connectivity index (χ3v) is 4.48. The van der Waals surface area contributed by atoms with Crippen molar-refractivity contribution in [3.05, 3.63) is 96.1 Å². The normalized spacial score (nSPS) is 17.3. The van der Waals surface area contributed by atoms with Crippen LogP contribution in [0.1, 0.15) is 37.4 Å². The summed E-state index contributed by atoms with van der Waals surface area (Å²) in [4.78, 5) is 7.21. The van der Waals surface area contributed by atoms with E-state index in [-0.39, 0.29) is 0 Å². The highest BCUT2D eigenvalue weighted by Gasteiger charge is 2.36. The minimum Gasteiger partial charge on any atom is -0.322 e. The van der Waals surface area contributed by atoms with E-state index in [9.17, 15) is 0 Å². The van der Waals surface area contributed by atoms with Gasteiger partial charge in [0.1, 0.15) is 5.84 Å². The lowest BCUT2D eigenvalue weighted by Crippen LogP contribution is -2.46. The summed E-state index contributed by atoms with van der Waals surface area (Å²) >= 11 is 0. The molecule has 0 aromatic heterocycles. The van der Waals surface area contributed by atoms with Crippen molar-refractivity contribution in [2.24, 2.45) is 4.99 Å². The van der Waals surface area contributed by atoms with Gasteiger partial charge in [-0.05, 0) is 36.8 Å². The predicted octanol–water partition coefficient (Wildman–Crippen LogP) is 6.70. The van der Waals surface area contributed by atoms with E-state index in [4.69, 9.17) is 4.99 Å². The van der Waals surface area contributed by atoms with Gasteiger partial charge in [0.05, 0.1) is 11.7 Å². The Kier molecular flexibility index (Phi) is 5.85. The maximum atomic E-state index is 4.86. The van der Waals surface area contributed by atoms with Crippen molar-refractivity contribution >= 4 is 17.2 Å². The van der Waals surface area contributed by atoms with Gasteiger partial charge in [0, 0.05) is 12.1 Å². The van der Waals surface area contributed by atoms with E-state index >= 15 is 0 Å².